The van der Waals surface area contributed by atoms with Crippen LogP contribution in [0, 0.1) is 0 Å². The van der Waals surface area contributed by atoms with Gasteiger partial charge in [-0.2, -0.15) is 11.3 Å². The molecule has 0 bridgehead atoms. The number of rotatable bonds is 5. The van der Waals surface area contributed by atoms with Crippen molar-refractivity contribution < 1.29 is 0 Å². The van der Waals surface area contributed by atoms with Crippen LogP contribution in [0.2, 0.25) is 0 Å². The molecule has 4 aromatic rings. The lowest BCUT2D eigenvalue weighted by Crippen LogP contribution is -1.87. The Balaban J connectivity index is 1.51. The second-order valence-electron chi connectivity index (χ2n) is 5.53. The number of aromatic amines is 1. The van der Waals surface area contributed by atoms with Gasteiger partial charge in [0.05, 0.1) is 11.0 Å². The normalized spacial score (nSPS) is 11.0. The second-order valence-corrected chi connectivity index (χ2v) is 7.19. The molecule has 0 aliphatic heterocycles. The molecular weight excluding hydrogens is 334 g/mol. The summed E-state index contributed by atoms with van der Waals surface area (Å²) < 4.78 is 3.40. The van der Waals surface area contributed by atoms with Crippen LogP contribution in [0.4, 0.5) is 5.69 Å². The van der Waals surface area contributed by atoms with Crippen LogP contribution in [-0.2, 0) is 6.42 Å². The van der Waals surface area contributed by atoms with Crippen molar-refractivity contribution in [3.63, 3.8) is 0 Å². The average Bonchev–Trinajstić information content (AvgIpc) is 3.29. The monoisotopic (exact) mass is 351 g/mol. The summed E-state index contributed by atoms with van der Waals surface area (Å²) in [4.78, 5) is 9.22. The van der Waals surface area contributed by atoms with E-state index in [-0.39, 0.29) is 0 Å². The Morgan fingerprint density at radius 3 is 2.75 bits per heavy atom. The second kappa shape index (κ2) is 6.71. The number of nitrogens with one attached hydrogen (secondary N) is 2. The molecule has 2 aromatic carbocycles. The number of fused-ring (bicyclic) bond motifs is 1. The number of H-pyrrole nitrogens is 1. The zero-order valence-corrected chi connectivity index (χ0v) is 14.9. The van der Waals surface area contributed by atoms with Gasteiger partial charge in [0.1, 0.15) is 5.82 Å². The van der Waals surface area contributed by atoms with Crippen molar-refractivity contribution >= 4 is 40.0 Å². The molecule has 2 N–H and O–H groups in total. The fraction of sp³-hybridized carbons (Fsp3) is 0.105. The van der Waals surface area contributed by atoms with Crippen molar-refractivity contribution in [2.75, 3.05) is 4.72 Å². The molecule has 2 aromatic heterocycles. The van der Waals surface area contributed by atoms with Crippen LogP contribution in [-0.4, -0.2) is 9.97 Å². The number of anilines is 1. The van der Waals surface area contributed by atoms with Gasteiger partial charge in [-0.05, 0) is 65.7 Å². The van der Waals surface area contributed by atoms with E-state index in [1.54, 1.807) is 23.3 Å². The van der Waals surface area contributed by atoms with Gasteiger partial charge >= 0.3 is 0 Å². The van der Waals surface area contributed by atoms with Crippen molar-refractivity contribution in [2.45, 2.75) is 18.2 Å². The zero-order chi connectivity index (χ0) is 16.4. The molecular formula is C19H17N3S2. The Labute approximate surface area is 149 Å². The van der Waals surface area contributed by atoms with Gasteiger partial charge in [-0.3, -0.25) is 0 Å². The van der Waals surface area contributed by atoms with Gasteiger partial charge in [0.2, 0.25) is 0 Å². The van der Waals surface area contributed by atoms with E-state index in [9.17, 15) is 0 Å². The summed E-state index contributed by atoms with van der Waals surface area (Å²) in [7, 11) is 0. The summed E-state index contributed by atoms with van der Waals surface area (Å²) in [5.41, 5.74) is 5.66. The summed E-state index contributed by atoms with van der Waals surface area (Å²) in [6, 6.07) is 16.9. The highest BCUT2D eigenvalue weighted by Crippen LogP contribution is 2.27. The van der Waals surface area contributed by atoms with Crippen LogP contribution in [0.3, 0.4) is 0 Å². The Kier molecular flexibility index (Phi) is 4.28. The number of aryl methyl sites for hydroxylation is 1. The third kappa shape index (κ3) is 3.18. The molecule has 0 fully saturated rings. The van der Waals surface area contributed by atoms with Crippen molar-refractivity contribution in [3.05, 3.63) is 64.9 Å². The smallest absolute Gasteiger partial charge is 0.139 e. The predicted molar refractivity (Wildman–Crippen MR) is 105 cm³/mol. The van der Waals surface area contributed by atoms with Crippen molar-refractivity contribution in [2.24, 2.45) is 0 Å². The maximum Gasteiger partial charge on any atom is 0.139 e. The number of nitrogens with zero attached hydrogens (tertiary/aromatic N) is 1. The minimum Gasteiger partial charge on any atom is -0.338 e. The molecule has 0 spiro atoms. The molecule has 0 radical (unpaired) electrons. The number of thiophene rings is 1. The first-order valence-corrected chi connectivity index (χ1v) is 9.62. The maximum absolute atomic E-state index is 4.66. The van der Waals surface area contributed by atoms with E-state index >= 15 is 0 Å². The molecule has 4 rings (SSSR count). The molecule has 0 saturated heterocycles. The molecule has 0 aliphatic carbocycles. The molecule has 0 aliphatic rings. The third-order valence-corrected chi connectivity index (χ3v) is 5.41. The molecule has 0 amide bonds. The van der Waals surface area contributed by atoms with E-state index in [4.69, 9.17) is 0 Å². The number of hydrogen-bond donors (Lipinski definition) is 2. The van der Waals surface area contributed by atoms with Gasteiger partial charge < -0.3 is 9.71 Å². The highest BCUT2D eigenvalue weighted by molar-refractivity contribution is 8.00. The lowest BCUT2D eigenvalue weighted by molar-refractivity contribution is 1.14. The van der Waals surface area contributed by atoms with Gasteiger partial charge in [0, 0.05) is 21.5 Å². The van der Waals surface area contributed by atoms with Crippen LogP contribution in [0.15, 0.2) is 64.2 Å². The van der Waals surface area contributed by atoms with E-state index < -0.39 is 0 Å². The van der Waals surface area contributed by atoms with Gasteiger partial charge in [0.25, 0.3) is 0 Å². The lowest BCUT2D eigenvalue weighted by atomic mass is 10.2. The summed E-state index contributed by atoms with van der Waals surface area (Å²) in [5.74, 6) is 0.927. The number of hydrogen-bond acceptors (Lipinski definition) is 4. The predicted octanol–water partition coefficient (Wildman–Crippen LogP) is 5.97. The molecule has 3 nitrogen and oxygen atoms in total. The van der Waals surface area contributed by atoms with Crippen LogP contribution in [0.1, 0.15) is 12.5 Å². The Morgan fingerprint density at radius 1 is 1.12 bits per heavy atom. The van der Waals surface area contributed by atoms with Crippen molar-refractivity contribution in [1.29, 1.82) is 0 Å². The van der Waals surface area contributed by atoms with E-state index in [0.29, 0.717) is 0 Å². The zero-order valence-electron chi connectivity index (χ0n) is 13.2. The van der Waals surface area contributed by atoms with Gasteiger partial charge in [-0.25, -0.2) is 4.98 Å². The van der Waals surface area contributed by atoms with Crippen LogP contribution < -0.4 is 4.72 Å². The Hall–Kier alpha value is -2.24. The summed E-state index contributed by atoms with van der Waals surface area (Å²) in [6.45, 7) is 2.17. The van der Waals surface area contributed by atoms with Crippen molar-refractivity contribution in [3.8, 4) is 11.4 Å². The summed E-state index contributed by atoms with van der Waals surface area (Å²) in [6.07, 6.45) is 1.07. The third-order valence-electron chi connectivity index (χ3n) is 3.90. The van der Waals surface area contributed by atoms with E-state index in [1.807, 2.05) is 0 Å². The maximum atomic E-state index is 4.66. The summed E-state index contributed by atoms with van der Waals surface area (Å²) in [5, 5.41) is 4.17. The molecule has 24 heavy (non-hydrogen) atoms. The molecule has 0 unspecified atom stereocenters. The molecule has 0 atom stereocenters. The standard InChI is InChI=1S/C19H17N3S2/c1-2-13-3-5-15(6-4-13)22-24-16-7-8-17-18(11-16)21-19(20-17)14-9-10-23-12-14/h3-12,22H,2H2,1H3,(H,20,21). The minimum atomic E-state index is 0.927. The number of imidazole rings is 1. The van der Waals surface area contributed by atoms with E-state index in [0.717, 1.165) is 39.4 Å². The highest BCUT2D eigenvalue weighted by Gasteiger charge is 2.06. The Bertz CT molecular complexity index is 941. The first-order chi connectivity index (χ1) is 11.8. The fourth-order valence-corrected chi connectivity index (χ4v) is 3.84. The van der Waals surface area contributed by atoms with E-state index in [1.165, 1.54) is 5.56 Å². The van der Waals surface area contributed by atoms with Gasteiger partial charge in [-0.1, -0.05) is 19.1 Å². The molecule has 0 saturated carbocycles. The minimum absolute atomic E-state index is 0.927. The van der Waals surface area contributed by atoms with Gasteiger partial charge in [0.15, 0.2) is 0 Å². The number of aromatic nitrogens is 2. The van der Waals surface area contributed by atoms with Crippen LogP contribution >= 0.6 is 23.3 Å². The Morgan fingerprint density at radius 2 is 2.00 bits per heavy atom. The summed E-state index contributed by atoms with van der Waals surface area (Å²) >= 11 is 3.29. The molecule has 5 heteroatoms. The molecule has 2 heterocycles. The first-order valence-electron chi connectivity index (χ1n) is 7.86. The fourth-order valence-electron chi connectivity index (χ4n) is 2.51. The van der Waals surface area contributed by atoms with E-state index in [2.05, 4.69) is 80.9 Å². The van der Waals surface area contributed by atoms with Crippen LogP contribution in [0.5, 0.6) is 0 Å². The first kappa shape index (κ1) is 15.3. The van der Waals surface area contributed by atoms with Crippen LogP contribution in [0.25, 0.3) is 22.4 Å². The average molecular weight is 352 g/mol. The largest absolute Gasteiger partial charge is 0.338 e. The number of benzene rings is 2. The quantitative estimate of drug-likeness (QED) is 0.435. The topological polar surface area (TPSA) is 40.7 Å². The SMILES string of the molecule is CCc1ccc(NSc2ccc3nc(-c4ccsc4)[nH]c3c2)cc1. The highest BCUT2D eigenvalue weighted by atomic mass is 32.2. The lowest BCUT2D eigenvalue weighted by Gasteiger charge is -2.06. The van der Waals surface area contributed by atoms with Gasteiger partial charge in [-0.15, -0.1) is 0 Å². The molecule has 120 valence electrons. The van der Waals surface area contributed by atoms with Crippen molar-refractivity contribution in [1.82, 2.24) is 9.97 Å².